The van der Waals surface area contributed by atoms with Crippen LogP contribution in [0.1, 0.15) is 26.3 Å². The molecule has 3 N–H and O–H groups in total. The number of nitrogens with zero attached hydrogens (tertiary/aromatic N) is 3. The Kier molecular flexibility index (Phi) is 11.6. The lowest BCUT2D eigenvalue weighted by atomic mass is 10.1. The molecule has 1 aromatic rings. The van der Waals surface area contributed by atoms with Crippen molar-refractivity contribution in [3.05, 3.63) is 29.8 Å². The summed E-state index contributed by atoms with van der Waals surface area (Å²) in [6, 6.07) is 8.28. The summed E-state index contributed by atoms with van der Waals surface area (Å²) in [6.45, 7) is 10.4. The Morgan fingerprint density at radius 2 is 1.84 bits per heavy atom. The fraction of sp³-hybridized carbons (Fsp3) is 0.636. The number of guanidine groups is 1. The number of aliphatic imine (C=N–C) groups is 1. The molecule has 1 heterocycles. The predicted molar refractivity (Wildman–Crippen MR) is 139 cm³/mol. The van der Waals surface area contributed by atoms with Crippen molar-refractivity contribution in [2.45, 2.75) is 38.8 Å². The van der Waals surface area contributed by atoms with E-state index in [2.05, 4.69) is 44.8 Å². The maximum atomic E-state index is 11.8. The molecule has 0 radical (unpaired) electrons. The molecule has 1 atom stereocenters. The SMILES string of the molecule is CN=C(NCCc1ccc(NC(=O)OC(C)(C)C)cc1)NCC1CN(C)CCN1C.I. The summed E-state index contributed by atoms with van der Waals surface area (Å²) >= 11 is 0. The second-order valence-corrected chi connectivity index (χ2v) is 8.85. The number of amides is 1. The van der Waals surface area contributed by atoms with Crippen molar-refractivity contribution in [2.24, 2.45) is 4.99 Å². The molecule has 31 heavy (non-hydrogen) atoms. The first-order chi connectivity index (χ1) is 14.2. The van der Waals surface area contributed by atoms with Crippen LogP contribution < -0.4 is 16.0 Å². The number of piperazine rings is 1. The number of hydrogen-bond donors (Lipinski definition) is 3. The number of rotatable bonds is 6. The van der Waals surface area contributed by atoms with E-state index < -0.39 is 11.7 Å². The third-order valence-corrected chi connectivity index (χ3v) is 5.01. The lowest BCUT2D eigenvalue weighted by Crippen LogP contribution is -2.55. The van der Waals surface area contributed by atoms with Crippen molar-refractivity contribution < 1.29 is 9.53 Å². The first-order valence-corrected chi connectivity index (χ1v) is 10.6. The minimum Gasteiger partial charge on any atom is -0.444 e. The average Bonchev–Trinajstić information content (AvgIpc) is 2.66. The highest BCUT2D eigenvalue weighted by atomic mass is 127. The van der Waals surface area contributed by atoms with Gasteiger partial charge in [-0.25, -0.2) is 4.79 Å². The highest BCUT2D eigenvalue weighted by molar-refractivity contribution is 14.0. The number of carbonyl (C=O) groups is 1. The smallest absolute Gasteiger partial charge is 0.412 e. The Morgan fingerprint density at radius 1 is 1.16 bits per heavy atom. The Labute approximate surface area is 204 Å². The number of anilines is 1. The summed E-state index contributed by atoms with van der Waals surface area (Å²) in [6.07, 6.45) is 0.418. The third kappa shape index (κ3) is 10.5. The van der Waals surface area contributed by atoms with Crippen molar-refractivity contribution in [1.29, 1.82) is 0 Å². The fourth-order valence-electron chi connectivity index (χ4n) is 3.26. The largest absolute Gasteiger partial charge is 0.444 e. The molecular weight excluding hydrogens is 507 g/mol. The number of nitrogens with one attached hydrogen (secondary N) is 3. The van der Waals surface area contributed by atoms with Crippen LogP contribution in [-0.2, 0) is 11.2 Å². The van der Waals surface area contributed by atoms with Crippen LogP contribution in [0, 0.1) is 0 Å². The molecular formula is C22H39IN6O2. The molecule has 0 aliphatic carbocycles. The number of ether oxygens (including phenoxy) is 1. The van der Waals surface area contributed by atoms with Crippen molar-refractivity contribution in [3.8, 4) is 0 Å². The van der Waals surface area contributed by atoms with Crippen LogP contribution >= 0.6 is 24.0 Å². The van der Waals surface area contributed by atoms with Crippen molar-refractivity contribution in [1.82, 2.24) is 20.4 Å². The molecule has 1 saturated heterocycles. The van der Waals surface area contributed by atoms with E-state index in [0.717, 1.165) is 50.8 Å². The molecule has 1 fully saturated rings. The van der Waals surface area contributed by atoms with Gasteiger partial charge in [-0.05, 0) is 59.0 Å². The van der Waals surface area contributed by atoms with Gasteiger partial charge in [-0.1, -0.05) is 12.1 Å². The van der Waals surface area contributed by atoms with Gasteiger partial charge in [0.2, 0.25) is 0 Å². The van der Waals surface area contributed by atoms with Gasteiger partial charge in [0, 0.05) is 51.5 Å². The van der Waals surface area contributed by atoms with E-state index in [-0.39, 0.29) is 24.0 Å². The average molecular weight is 546 g/mol. The standard InChI is InChI=1S/C22H38N6O2.HI/c1-22(2,3)30-21(29)26-18-9-7-17(8-10-18)11-12-24-20(23-4)25-15-19-16-27(5)13-14-28(19)6;/h7-10,19H,11-16H2,1-6H3,(H,26,29)(H2,23,24,25);1H. The van der Waals surface area contributed by atoms with E-state index in [4.69, 9.17) is 4.74 Å². The highest BCUT2D eigenvalue weighted by Crippen LogP contribution is 2.13. The van der Waals surface area contributed by atoms with Crippen LogP contribution in [0.15, 0.2) is 29.3 Å². The topological polar surface area (TPSA) is 81.2 Å². The summed E-state index contributed by atoms with van der Waals surface area (Å²) in [5, 5.41) is 9.56. The number of hydrogen-bond acceptors (Lipinski definition) is 5. The monoisotopic (exact) mass is 546 g/mol. The second-order valence-electron chi connectivity index (χ2n) is 8.85. The first kappa shape index (κ1) is 27.4. The van der Waals surface area contributed by atoms with Gasteiger partial charge in [-0.15, -0.1) is 24.0 Å². The summed E-state index contributed by atoms with van der Waals surface area (Å²) in [5.74, 6) is 0.819. The van der Waals surface area contributed by atoms with Crippen LogP contribution in [-0.4, -0.2) is 87.4 Å². The van der Waals surface area contributed by atoms with Gasteiger partial charge in [0.05, 0.1) is 0 Å². The molecule has 1 aliphatic heterocycles. The quantitative estimate of drug-likeness (QED) is 0.289. The molecule has 1 amide bonds. The molecule has 1 unspecified atom stereocenters. The molecule has 9 heteroatoms. The van der Waals surface area contributed by atoms with Crippen LogP contribution in [0.25, 0.3) is 0 Å². The van der Waals surface area contributed by atoms with Crippen molar-refractivity contribution in [2.75, 3.05) is 59.2 Å². The molecule has 176 valence electrons. The van der Waals surface area contributed by atoms with Gasteiger partial charge in [-0.3, -0.25) is 15.2 Å². The van der Waals surface area contributed by atoms with Crippen molar-refractivity contribution in [3.63, 3.8) is 0 Å². The van der Waals surface area contributed by atoms with Gasteiger partial charge in [-0.2, -0.15) is 0 Å². The number of halogens is 1. The maximum absolute atomic E-state index is 11.8. The molecule has 0 aromatic heterocycles. The van der Waals surface area contributed by atoms with Gasteiger partial charge < -0.3 is 20.3 Å². The van der Waals surface area contributed by atoms with Gasteiger partial charge in [0.25, 0.3) is 0 Å². The summed E-state index contributed by atoms with van der Waals surface area (Å²) in [5.41, 5.74) is 1.39. The summed E-state index contributed by atoms with van der Waals surface area (Å²) in [7, 11) is 6.14. The van der Waals surface area contributed by atoms with E-state index in [9.17, 15) is 4.79 Å². The minimum absolute atomic E-state index is 0. The highest BCUT2D eigenvalue weighted by Gasteiger charge is 2.22. The van der Waals surface area contributed by atoms with Crippen LogP contribution in [0.5, 0.6) is 0 Å². The van der Waals surface area contributed by atoms with Crippen LogP contribution in [0.4, 0.5) is 10.5 Å². The molecule has 2 rings (SSSR count). The van der Waals surface area contributed by atoms with E-state index in [1.165, 1.54) is 5.56 Å². The Morgan fingerprint density at radius 3 is 2.45 bits per heavy atom. The molecule has 1 aliphatic rings. The molecule has 8 nitrogen and oxygen atoms in total. The maximum Gasteiger partial charge on any atom is 0.412 e. The number of likely N-dealkylation sites (N-methyl/N-ethyl adjacent to an activating group) is 2. The molecule has 0 bridgehead atoms. The Hall–Kier alpha value is -1.59. The van der Waals surface area contributed by atoms with Crippen molar-refractivity contribution >= 4 is 41.7 Å². The number of carbonyl (C=O) groups excluding carboxylic acids is 1. The van der Waals surface area contributed by atoms with E-state index in [1.807, 2.05) is 45.0 Å². The Balaban J connectivity index is 0.00000480. The van der Waals surface area contributed by atoms with E-state index in [0.29, 0.717) is 6.04 Å². The zero-order valence-electron chi connectivity index (χ0n) is 19.7. The molecule has 0 spiro atoms. The van der Waals surface area contributed by atoms with Gasteiger partial charge in [0.15, 0.2) is 5.96 Å². The van der Waals surface area contributed by atoms with Crippen LogP contribution in [0.2, 0.25) is 0 Å². The second kappa shape index (κ2) is 13.1. The summed E-state index contributed by atoms with van der Waals surface area (Å²) in [4.78, 5) is 20.9. The predicted octanol–water partition coefficient (Wildman–Crippen LogP) is 2.60. The Bertz CT molecular complexity index is 705. The lowest BCUT2D eigenvalue weighted by molar-refractivity contribution is 0.0636. The lowest BCUT2D eigenvalue weighted by Gasteiger charge is -2.37. The minimum atomic E-state index is -0.509. The number of benzene rings is 1. The van der Waals surface area contributed by atoms with Crippen LogP contribution in [0.3, 0.4) is 0 Å². The third-order valence-electron chi connectivity index (χ3n) is 5.01. The molecule has 0 saturated carbocycles. The van der Waals surface area contributed by atoms with Gasteiger partial charge >= 0.3 is 6.09 Å². The van der Waals surface area contributed by atoms with E-state index >= 15 is 0 Å². The van der Waals surface area contributed by atoms with E-state index in [1.54, 1.807) is 7.05 Å². The fourth-order valence-corrected chi connectivity index (χ4v) is 3.26. The normalized spacial score (nSPS) is 18.1. The van der Waals surface area contributed by atoms with Gasteiger partial charge in [0.1, 0.15) is 5.60 Å². The summed E-state index contributed by atoms with van der Waals surface area (Å²) < 4.78 is 5.27. The zero-order chi connectivity index (χ0) is 22.1. The molecule has 1 aromatic carbocycles. The first-order valence-electron chi connectivity index (χ1n) is 10.6. The zero-order valence-corrected chi connectivity index (χ0v) is 22.0.